The van der Waals surface area contributed by atoms with Crippen molar-refractivity contribution in [3.05, 3.63) is 29.6 Å². The van der Waals surface area contributed by atoms with Crippen molar-refractivity contribution in [2.24, 2.45) is 0 Å². The topological polar surface area (TPSA) is 67.9 Å². The molecule has 1 fully saturated rings. The lowest BCUT2D eigenvalue weighted by Gasteiger charge is -2.12. The zero-order valence-corrected chi connectivity index (χ0v) is 8.09. The minimum absolute atomic E-state index is 0.0169. The predicted molar refractivity (Wildman–Crippen MR) is 43.0 cm³/mol. The molecule has 1 heterocycles. The Morgan fingerprint density at radius 1 is 1.19 bits per heavy atom. The van der Waals surface area contributed by atoms with Crippen molar-refractivity contribution in [2.45, 2.75) is 0 Å². The molecule has 1 aliphatic heterocycles. The minimum Gasteiger partial charge on any atom is -0.204 e. The van der Waals surface area contributed by atoms with Crippen LogP contribution in [0, 0.1) is 17.5 Å². The Balaban J connectivity index is 2.46. The molecule has 1 saturated heterocycles. The van der Waals surface area contributed by atoms with Gasteiger partial charge in [-0.15, -0.1) is 13.7 Å². The third-order valence-electron chi connectivity index (χ3n) is 1.61. The fourth-order valence-corrected chi connectivity index (χ4v) is 1.46. The van der Waals surface area contributed by atoms with Crippen LogP contribution in [0.1, 0.15) is 0 Å². The first kappa shape index (κ1) is 11.1. The van der Waals surface area contributed by atoms with Gasteiger partial charge in [0.05, 0.1) is 0 Å². The summed E-state index contributed by atoms with van der Waals surface area (Å²) >= 11 is 0. The molecule has 10 heteroatoms. The number of halogens is 3. The molecule has 88 valence electrons. The zero-order chi connectivity index (χ0) is 11.9. The molecule has 1 aromatic rings. The lowest BCUT2D eigenvalue weighted by molar-refractivity contribution is 0.193. The first-order chi connectivity index (χ1) is 7.41. The second-order valence-electron chi connectivity index (χ2n) is 2.64. The third kappa shape index (κ3) is 1.82. The molecule has 0 bridgehead atoms. The number of nitrogens with zero attached hydrogens (tertiary/aromatic N) is 1. The highest BCUT2D eigenvalue weighted by Gasteiger charge is 2.33. The van der Waals surface area contributed by atoms with Crippen molar-refractivity contribution in [3.8, 4) is 0 Å². The molecule has 0 radical (unpaired) electrons. The molecule has 0 saturated carbocycles. The summed E-state index contributed by atoms with van der Waals surface area (Å²) in [6.07, 6.45) is 0. The highest BCUT2D eigenvalue weighted by molar-refractivity contribution is 7.82. The van der Waals surface area contributed by atoms with Crippen LogP contribution in [0.4, 0.5) is 18.9 Å². The molecular weight excluding hydrogens is 253 g/mol. The molecule has 1 N–H and O–H groups in total. The Labute approximate surface area is 87.4 Å². The SMILES string of the molecule is O=S1(=O)ONN(c2c(F)ccc(F)c2F)O1. The van der Waals surface area contributed by atoms with Crippen molar-refractivity contribution in [1.82, 2.24) is 5.59 Å². The van der Waals surface area contributed by atoms with Crippen molar-refractivity contribution in [3.63, 3.8) is 0 Å². The molecule has 0 aliphatic carbocycles. The van der Waals surface area contributed by atoms with Gasteiger partial charge in [-0.3, -0.25) is 0 Å². The van der Waals surface area contributed by atoms with E-state index < -0.39 is 33.5 Å². The predicted octanol–water partition coefficient (Wildman–Crippen LogP) is 0.537. The van der Waals surface area contributed by atoms with E-state index in [1.165, 1.54) is 0 Å². The Bertz CT molecular complexity index is 535. The fourth-order valence-electron chi connectivity index (χ4n) is 0.987. The summed E-state index contributed by atoms with van der Waals surface area (Å²) in [7, 11) is -4.43. The first-order valence-corrected chi connectivity index (χ1v) is 5.06. The number of anilines is 1. The van der Waals surface area contributed by atoms with Crippen LogP contribution in [0.2, 0.25) is 0 Å². The number of rotatable bonds is 1. The highest BCUT2D eigenvalue weighted by atomic mass is 32.3. The molecule has 1 aromatic carbocycles. The first-order valence-electron chi connectivity index (χ1n) is 3.73. The third-order valence-corrected chi connectivity index (χ3v) is 2.22. The van der Waals surface area contributed by atoms with E-state index in [2.05, 4.69) is 8.57 Å². The average Bonchev–Trinajstić information content (AvgIpc) is 2.53. The van der Waals surface area contributed by atoms with Gasteiger partial charge in [-0.2, -0.15) is 8.42 Å². The molecule has 6 nitrogen and oxygen atoms in total. The number of nitrogens with one attached hydrogen (secondary N) is 1. The van der Waals surface area contributed by atoms with Crippen molar-refractivity contribution >= 4 is 16.1 Å². The van der Waals surface area contributed by atoms with Gasteiger partial charge in [0.25, 0.3) is 0 Å². The molecule has 0 amide bonds. The lowest BCUT2D eigenvalue weighted by atomic mass is 10.3. The Morgan fingerprint density at radius 2 is 1.81 bits per heavy atom. The lowest BCUT2D eigenvalue weighted by Crippen LogP contribution is -2.30. The number of hydrogen-bond acceptors (Lipinski definition) is 6. The van der Waals surface area contributed by atoms with E-state index in [-0.39, 0.29) is 5.17 Å². The van der Waals surface area contributed by atoms with Crippen LogP contribution in [-0.4, -0.2) is 8.42 Å². The summed E-state index contributed by atoms with van der Waals surface area (Å²) in [5.41, 5.74) is 0.480. The summed E-state index contributed by atoms with van der Waals surface area (Å²) < 4.78 is 68.1. The standard InChI is InChI=1S/C6H3F3N2O4S/c7-3-1-2-4(8)6(5(3)9)11-10-14-16(12,13)15-11/h1-2,10H. The summed E-state index contributed by atoms with van der Waals surface area (Å²) in [5, 5.41) is 0.0169. The fraction of sp³-hybridized carbons (Fsp3) is 0. The maximum absolute atomic E-state index is 13.1. The van der Waals surface area contributed by atoms with Gasteiger partial charge in [0.1, 0.15) is 0 Å². The van der Waals surface area contributed by atoms with Gasteiger partial charge in [-0.25, -0.2) is 13.2 Å². The number of hydrogen-bond donors (Lipinski definition) is 1. The molecular formula is C6H3F3N2O4S. The number of hydrazine groups is 1. The second kappa shape index (κ2) is 3.59. The van der Waals surface area contributed by atoms with Crippen molar-refractivity contribution < 1.29 is 30.2 Å². The molecule has 0 unspecified atom stereocenters. The van der Waals surface area contributed by atoms with Gasteiger partial charge in [-0.1, -0.05) is 5.59 Å². The van der Waals surface area contributed by atoms with Crippen molar-refractivity contribution in [1.29, 1.82) is 0 Å². The van der Waals surface area contributed by atoms with E-state index in [0.29, 0.717) is 12.1 Å². The molecule has 0 atom stereocenters. The minimum atomic E-state index is -4.43. The quantitative estimate of drug-likeness (QED) is 0.739. The van der Waals surface area contributed by atoms with Gasteiger partial charge in [-0.05, 0) is 12.1 Å². The Hall–Kier alpha value is -1.36. The molecule has 0 spiro atoms. The molecule has 16 heavy (non-hydrogen) atoms. The van der Waals surface area contributed by atoms with Crippen LogP contribution >= 0.6 is 0 Å². The van der Waals surface area contributed by atoms with E-state index in [4.69, 9.17) is 0 Å². The van der Waals surface area contributed by atoms with Gasteiger partial charge in [0.15, 0.2) is 23.1 Å². The van der Waals surface area contributed by atoms with Gasteiger partial charge in [0, 0.05) is 0 Å². The van der Waals surface area contributed by atoms with E-state index in [1.54, 1.807) is 5.59 Å². The molecule has 2 rings (SSSR count). The van der Waals surface area contributed by atoms with E-state index in [0.717, 1.165) is 0 Å². The van der Waals surface area contributed by atoms with Gasteiger partial charge in [0.2, 0.25) is 0 Å². The zero-order valence-electron chi connectivity index (χ0n) is 7.28. The summed E-state index contributed by atoms with van der Waals surface area (Å²) in [4.78, 5) is 0. The summed E-state index contributed by atoms with van der Waals surface area (Å²) in [6.45, 7) is 0. The summed E-state index contributed by atoms with van der Waals surface area (Å²) in [5.74, 6) is -4.22. The van der Waals surface area contributed by atoms with Crippen molar-refractivity contribution in [2.75, 3.05) is 5.17 Å². The smallest absolute Gasteiger partial charge is 0.204 e. The normalized spacial score (nSPS) is 19.1. The van der Waals surface area contributed by atoms with E-state index in [9.17, 15) is 21.6 Å². The summed E-state index contributed by atoms with van der Waals surface area (Å²) in [6, 6.07) is 1.14. The maximum atomic E-state index is 13.1. The van der Waals surface area contributed by atoms with Crippen LogP contribution in [0.5, 0.6) is 0 Å². The Morgan fingerprint density at radius 3 is 2.38 bits per heavy atom. The van der Waals surface area contributed by atoms with E-state index in [1.807, 2.05) is 0 Å². The van der Waals surface area contributed by atoms with Crippen LogP contribution in [0.25, 0.3) is 0 Å². The second-order valence-corrected chi connectivity index (χ2v) is 3.78. The van der Waals surface area contributed by atoms with Crippen LogP contribution in [0.15, 0.2) is 12.1 Å². The van der Waals surface area contributed by atoms with Crippen LogP contribution in [-0.2, 0) is 19.0 Å². The average molecular weight is 256 g/mol. The monoisotopic (exact) mass is 256 g/mol. The van der Waals surface area contributed by atoms with Gasteiger partial charge < -0.3 is 0 Å². The van der Waals surface area contributed by atoms with Gasteiger partial charge >= 0.3 is 10.4 Å². The van der Waals surface area contributed by atoms with E-state index >= 15 is 0 Å². The van der Waals surface area contributed by atoms with Crippen LogP contribution in [0.3, 0.4) is 0 Å². The molecule has 0 aromatic heterocycles. The number of benzene rings is 1. The maximum Gasteiger partial charge on any atom is 0.440 e. The largest absolute Gasteiger partial charge is 0.440 e. The van der Waals surface area contributed by atoms with Crippen LogP contribution < -0.4 is 10.8 Å². The highest BCUT2D eigenvalue weighted by Crippen LogP contribution is 2.27. The molecule has 1 aliphatic rings. The Kier molecular flexibility index (Phi) is 2.50.